The topological polar surface area (TPSA) is 83.6 Å². The van der Waals surface area contributed by atoms with Gasteiger partial charge < -0.3 is 15.7 Å². The van der Waals surface area contributed by atoms with Gasteiger partial charge in [0.25, 0.3) is 0 Å². The highest BCUT2D eigenvalue weighted by Gasteiger charge is 2.25. The van der Waals surface area contributed by atoms with Crippen molar-refractivity contribution in [2.45, 2.75) is 26.3 Å². The number of rotatable bonds is 4. The Hall–Kier alpha value is -1.88. The first kappa shape index (κ1) is 14.5. The second-order valence-corrected chi connectivity index (χ2v) is 5.14. The molecular weight excluding hydrogens is 256 g/mol. The van der Waals surface area contributed by atoms with E-state index in [1.807, 2.05) is 13.0 Å². The number of hydrogen-bond donors (Lipinski definition) is 2. The minimum absolute atomic E-state index is 0.0707. The average molecular weight is 276 g/mol. The molecule has 1 heterocycles. The smallest absolute Gasteiger partial charge is 0.335 e. The zero-order valence-electron chi connectivity index (χ0n) is 11.6. The van der Waals surface area contributed by atoms with E-state index < -0.39 is 5.97 Å². The third-order valence-corrected chi connectivity index (χ3v) is 3.90. The number of nitrogens with two attached hydrogens (primary N) is 1. The molecule has 1 aromatic carbocycles. The Bertz CT molecular complexity index is 524. The highest BCUT2D eigenvalue weighted by molar-refractivity contribution is 5.88. The highest BCUT2D eigenvalue weighted by Crippen LogP contribution is 2.22. The molecule has 1 atom stereocenters. The van der Waals surface area contributed by atoms with Crippen molar-refractivity contribution in [1.29, 1.82) is 0 Å². The summed E-state index contributed by atoms with van der Waals surface area (Å²) < 4.78 is 0. The first-order valence-electron chi connectivity index (χ1n) is 6.90. The number of fused-ring (bicyclic) bond motifs is 1. The van der Waals surface area contributed by atoms with Crippen LogP contribution in [-0.4, -0.2) is 35.0 Å². The molecule has 0 spiro atoms. The molecule has 5 nitrogen and oxygen atoms in total. The van der Waals surface area contributed by atoms with Crippen LogP contribution < -0.4 is 5.73 Å². The van der Waals surface area contributed by atoms with Gasteiger partial charge in [-0.25, -0.2) is 4.79 Å². The molecule has 0 radical (unpaired) electrons. The number of aromatic carboxylic acids is 1. The minimum atomic E-state index is -0.940. The molecular formula is C15H20N2O3. The molecule has 0 saturated heterocycles. The second-order valence-electron chi connectivity index (χ2n) is 5.14. The Kier molecular flexibility index (Phi) is 4.39. The normalized spacial score (nSPS) is 15.6. The molecule has 0 aromatic heterocycles. The van der Waals surface area contributed by atoms with Crippen LogP contribution >= 0.6 is 0 Å². The van der Waals surface area contributed by atoms with Crippen LogP contribution in [0.2, 0.25) is 0 Å². The summed E-state index contributed by atoms with van der Waals surface area (Å²) >= 11 is 0. The zero-order chi connectivity index (χ0) is 14.7. The molecule has 1 amide bonds. The molecule has 108 valence electrons. The molecule has 0 saturated carbocycles. The van der Waals surface area contributed by atoms with Crippen LogP contribution in [0, 0.1) is 5.92 Å². The van der Waals surface area contributed by atoms with E-state index in [4.69, 9.17) is 10.8 Å². The van der Waals surface area contributed by atoms with Gasteiger partial charge in [0.1, 0.15) is 0 Å². The number of hydrogen-bond acceptors (Lipinski definition) is 3. The molecule has 20 heavy (non-hydrogen) atoms. The van der Waals surface area contributed by atoms with Crippen molar-refractivity contribution in [3.63, 3.8) is 0 Å². The summed E-state index contributed by atoms with van der Waals surface area (Å²) in [7, 11) is 0. The lowest BCUT2D eigenvalue weighted by atomic mass is 9.95. The molecule has 5 heteroatoms. The lowest BCUT2D eigenvalue weighted by Crippen LogP contribution is -2.41. The van der Waals surface area contributed by atoms with Crippen LogP contribution in [0.3, 0.4) is 0 Å². The molecule has 1 unspecified atom stereocenters. The quantitative estimate of drug-likeness (QED) is 0.867. The standard InChI is InChI=1S/C15H20N2O3/c1-2-10(8-16)14(18)17-6-5-11-3-4-12(15(19)20)7-13(11)9-17/h3-4,7,10H,2,5-6,8-9,16H2,1H3,(H,19,20). The maximum absolute atomic E-state index is 12.3. The van der Waals surface area contributed by atoms with E-state index in [1.165, 1.54) is 0 Å². The Labute approximate surface area is 118 Å². The summed E-state index contributed by atoms with van der Waals surface area (Å²) in [5.74, 6) is -1.01. The van der Waals surface area contributed by atoms with Gasteiger partial charge in [0.2, 0.25) is 5.91 Å². The summed E-state index contributed by atoms with van der Waals surface area (Å²) in [4.78, 5) is 25.1. The Morgan fingerprint density at radius 2 is 2.15 bits per heavy atom. The predicted molar refractivity (Wildman–Crippen MR) is 75.4 cm³/mol. The largest absolute Gasteiger partial charge is 0.478 e. The van der Waals surface area contributed by atoms with Crippen LogP contribution in [0.1, 0.15) is 34.8 Å². The Balaban J connectivity index is 2.19. The number of nitrogens with zero attached hydrogens (tertiary/aromatic N) is 1. The van der Waals surface area contributed by atoms with Crippen molar-refractivity contribution < 1.29 is 14.7 Å². The molecule has 1 aromatic rings. The second kappa shape index (κ2) is 6.05. The van der Waals surface area contributed by atoms with Gasteiger partial charge in [-0.05, 0) is 36.1 Å². The van der Waals surface area contributed by atoms with Crippen LogP contribution in [-0.2, 0) is 17.8 Å². The average Bonchev–Trinajstić information content (AvgIpc) is 2.47. The van der Waals surface area contributed by atoms with Crippen LogP contribution in [0.4, 0.5) is 0 Å². The summed E-state index contributed by atoms with van der Waals surface area (Å²) in [6.07, 6.45) is 1.50. The van der Waals surface area contributed by atoms with Gasteiger partial charge in [0.15, 0.2) is 0 Å². The molecule has 0 fully saturated rings. The van der Waals surface area contributed by atoms with Crippen LogP contribution in [0.15, 0.2) is 18.2 Å². The fourth-order valence-electron chi connectivity index (χ4n) is 2.58. The third-order valence-electron chi connectivity index (χ3n) is 3.90. The van der Waals surface area contributed by atoms with E-state index in [9.17, 15) is 9.59 Å². The van der Waals surface area contributed by atoms with Gasteiger partial charge in [0, 0.05) is 19.6 Å². The van der Waals surface area contributed by atoms with Crippen LogP contribution in [0.5, 0.6) is 0 Å². The van der Waals surface area contributed by atoms with E-state index in [2.05, 4.69) is 0 Å². The zero-order valence-corrected chi connectivity index (χ0v) is 11.6. The number of carboxylic acids is 1. The minimum Gasteiger partial charge on any atom is -0.478 e. The van der Waals surface area contributed by atoms with Crippen LogP contribution in [0.25, 0.3) is 0 Å². The van der Waals surface area contributed by atoms with Gasteiger partial charge in [-0.2, -0.15) is 0 Å². The summed E-state index contributed by atoms with van der Waals surface area (Å²) in [5, 5.41) is 9.03. The molecule has 2 rings (SSSR count). The molecule has 3 N–H and O–H groups in total. The van der Waals surface area contributed by atoms with Crippen molar-refractivity contribution in [2.75, 3.05) is 13.1 Å². The van der Waals surface area contributed by atoms with Crippen molar-refractivity contribution in [3.8, 4) is 0 Å². The van der Waals surface area contributed by atoms with Crippen molar-refractivity contribution in [2.24, 2.45) is 11.7 Å². The van der Waals surface area contributed by atoms with Crippen molar-refractivity contribution in [1.82, 2.24) is 4.90 Å². The highest BCUT2D eigenvalue weighted by atomic mass is 16.4. The predicted octanol–water partition coefficient (Wildman–Crippen LogP) is 1.25. The monoisotopic (exact) mass is 276 g/mol. The summed E-state index contributed by atoms with van der Waals surface area (Å²) in [6.45, 7) is 3.46. The van der Waals surface area contributed by atoms with Crippen molar-refractivity contribution >= 4 is 11.9 Å². The van der Waals surface area contributed by atoms with Gasteiger partial charge in [-0.3, -0.25) is 4.79 Å². The maximum Gasteiger partial charge on any atom is 0.335 e. The van der Waals surface area contributed by atoms with Gasteiger partial charge in [-0.1, -0.05) is 13.0 Å². The number of carbonyl (C=O) groups is 2. The van der Waals surface area contributed by atoms with E-state index in [-0.39, 0.29) is 17.4 Å². The van der Waals surface area contributed by atoms with E-state index in [1.54, 1.807) is 17.0 Å². The molecule has 0 aliphatic carbocycles. The van der Waals surface area contributed by atoms with Crippen molar-refractivity contribution in [3.05, 3.63) is 34.9 Å². The van der Waals surface area contributed by atoms with E-state index in [0.717, 1.165) is 24.0 Å². The lowest BCUT2D eigenvalue weighted by Gasteiger charge is -2.31. The molecule has 1 aliphatic rings. The van der Waals surface area contributed by atoms with Gasteiger partial charge >= 0.3 is 5.97 Å². The molecule has 1 aliphatic heterocycles. The van der Waals surface area contributed by atoms with E-state index in [0.29, 0.717) is 19.6 Å². The molecule has 0 bridgehead atoms. The number of carboxylic acid groups (broad SMARTS) is 1. The first-order valence-corrected chi connectivity index (χ1v) is 6.90. The number of benzene rings is 1. The Morgan fingerprint density at radius 1 is 1.40 bits per heavy atom. The number of amides is 1. The first-order chi connectivity index (χ1) is 9.56. The summed E-state index contributed by atoms with van der Waals surface area (Å²) in [5.41, 5.74) is 7.94. The lowest BCUT2D eigenvalue weighted by molar-refractivity contribution is -0.136. The SMILES string of the molecule is CCC(CN)C(=O)N1CCc2ccc(C(=O)O)cc2C1. The van der Waals surface area contributed by atoms with Gasteiger partial charge in [-0.15, -0.1) is 0 Å². The maximum atomic E-state index is 12.3. The summed E-state index contributed by atoms with van der Waals surface area (Å²) in [6, 6.07) is 5.13. The fourth-order valence-corrected chi connectivity index (χ4v) is 2.58. The number of carbonyl (C=O) groups excluding carboxylic acids is 1. The van der Waals surface area contributed by atoms with E-state index >= 15 is 0 Å². The van der Waals surface area contributed by atoms with Gasteiger partial charge in [0.05, 0.1) is 11.5 Å². The third kappa shape index (κ3) is 2.82. The fraction of sp³-hybridized carbons (Fsp3) is 0.467. The Morgan fingerprint density at radius 3 is 2.75 bits per heavy atom.